The maximum atomic E-state index is 12.7. The second-order valence-electron chi connectivity index (χ2n) is 5.92. The second kappa shape index (κ2) is 6.60. The van der Waals surface area contributed by atoms with E-state index in [-0.39, 0.29) is 11.4 Å². The Kier molecular flexibility index (Phi) is 5.40. The molecule has 0 fully saturated rings. The van der Waals surface area contributed by atoms with Crippen molar-refractivity contribution in [2.75, 3.05) is 12.3 Å². The lowest BCUT2D eigenvalue weighted by molar-refractivity contribution is 0.0578. The van der Waals surface area contributed by atoms with E-state index in [2.05, 4.69) is 27.7 Å². The Balaban J connectivity index is 2.92. The summed E-state index contributed by atoms with van der Waals surface area (Å²) in [5.41, 5.74) is 6.88. The van der Waals surface area contributed by atoms with E-state index < -0.39 is 0 Å². The molecule has 0 spiro atoms. The highest BCUT2D eigenvalue weighted by atomic mass is 16.2. The summed E-state index contributed by atoms with van der Waals surface area (Å²) >= 11 is 0. The molecule has 0 saturated carbocycles. The van der Waals surface area contributed by atoms with E-state index >= 15 is 0 Å². The quantitative estimate of drug-likeness (QED) is 0.649. The highest BCUT2D eigenvalue weighted by molar-refractivity contribution is 5.99. The van der Waals surface area contributed by atoms with E-state index in [1.54, 1.807) is 12.1 Å². The summed E-state index contributed by atoms with van der Waals surface area (Å²) < 4.78 is 0. The minimum Gasteiger partial charge on any atom is -0.398 e. The first kappa shape index (κ1) is 15.5. The van der Waals surface area contributed by atoms with Crippen molar-refractivity contribution in [2.24, 2.45) is 0 Å². The third-order valence-electron chi connectivity index (χ3n) is 3.23. The molecule has 3 heteroatoms. The molecule has 0 bridgehead atoms. The molecule has 1 aromatic rings. The lowest BCUT2D eigenvalue weighted by Crippen LogP contribution is -2.46. The second-order valence-corrected chi connectivity index (χ2v) is 5.92. The molecule has 1 aromatic carbocycles. The Bertz CT molecular complexity index is 421. The molecule has 106 valence electrons. The zero-order valence-electron chi connectivity index (χ0n) is 12.6. The Hall–Kier alpha value is -1.51. The van der Waals surface area contributed by atoms with Crippen LogP contribution in [0.2, 0.25) is 0 Å². The molecule has 1 rings (SSSR count). The number of nitrogens with two attached hydrogens (primary N) is 1. The first-order valence-electron chi connectivity index (χ1n) is 7.04. The van der Waals surface area contributed by atoms with Crippen molar-refractivity contribution in [3.63, 3.8) is 0 Å². The van der Waals surface area contributed by atoms with Gasteiger partial charge in [0.1, 0.15) is 0 Å². The molecule has 0 aliphatic heterocycles. The maximum Gasteiger partial charge on any atom is 0.256 e. The molecule has 0 radical (unpaired) electrons. The summed E-state index contributed by atoms with van der Waals surface area (Å²) in [5.74, 6) is 0.0294. The van der Waals surface area contributed by atoms with Gasteiger partial charge in [0.25, 0.3) is 5.91 Å². The molecular weight excluding hydrogens is 236 g/mol. The van der Waals surface area contributed by atoms with Crippen molar-refractivity contribution in [3.05, 3.63) is 29.8 Å². The minimum absolute atomic E-state index is 0.0294. The Labute approximate surface area is 116 Å². The van der Waals surface area contributed by atoms with E-state index in [0.29, 0.717) is 11.3 Å². The molecule has 1 amide bonds. The monoisotopic (exact) mass is 262 g/mol. The lowest BCUT2D eigenvalue weighted by Gasteiger charge is -2.36. The Morgan fingerprint density at radius 3 is 2.37 bits per heavy atom. The SMILES string of the molecule is CCCCCN(C(=O)c1ccccc1N)C(C)(C)C. The van der Waals surface area contributed by atoms with Crippen LogP contribution in [0.1, 0.15) is 57.3 Å². The van der Waals surface area contributed by atoms with E-state index in [4.69, 9.17) is 5.73 Å². The Morgan fingerprint density at radius 1 is 1.21 bits per heavy atom. The number of nitrogen functional groups attached to an aromatic ring is 1. The summed E-state index contributed by atoms with van der Waals surface area (Å²) in [4.78, 5) is 14.6. The molecule has 0 aromatic heterocycles. The number of hydrogen-bond donors (Lipinski definition) is 1. The van der Waals surface area contributed by atoms with E-state index in [0.717, 1.165) is 25.8 Å². The van der Waals surface area contributed by atoms with Crippen LogP contribution in [0, 0.1) is 0 Å². The molecule has 0 atom stereocenters. The third kappa shape index (κ3) is 4.27. The van der Waals surface area contributed by atoms with Gasteiger partial charge in [-0.25, -0.2) is 0 Å². The van der Waals surface area contributed by atoms with Gasteiger partial charge >= 0.3 is 0 Å². The zero-order chi connectivity index (χ0) is 14.5. The average molecular weight is 262 g/mol. The molecule has 0 aliphatic rings. The third-order valence-corrected chi connectivity index (χ3v) is 3.23. The molecule has 0 unspecified atom stereocenters. The van der Waals surface area contributed by atoms with Crippen LogP contribution in [0.5, 0.6) is 0 Å². The average Bonchev–Trinajstić information content (AvgIpc) is 2.33. The number of rotatable bonds is 5. The number of benzene rings is 1. The number of hydrogen-bond acceptors (Lipinski definition) is 2. The fraction of sp³-hybridized carbons (Fsp3) is 0.562. The van der Waals surface area contributed by atoms with Crippen molar-refractivity contribution in [2.45, 2.75) is 52.5 Å². The van der Waals surface area contributed by atoms with Crippen molar-refractivity contribution >= 4 is 11.6 Å². The van der Waals surface area contributed by atoms with Crippen LogP contribution in [-0.2, 0) is 0 Å². The van der Waals surface area contributed by atoms with E-state index in [1.165, 1.54) is 0 Å². The van der Waals surface area contributed by atoms with Crippen LogP contribution in [0.4, 0.5) is 5.69 Å². The predicted octanol–water partition coefficient (Wildman–Crippen LogP) is 3.70. The lowest BCUT2D eigenvalue weighted by atomic mass is 10.0. The fourth-order valence-corrected chi connectivity index (χ4v) is 2.10. The van der Waals surface area contributed by atoms with Gasteiger partial charge in [-0.2, -0.15) is 0 Å². The number of amides is 1. The van der Waals surface area contributed by atoms with Gasteiger partial charge in [0.2, 0.25) is 0 Å². The van der Waals surface area contributed by atoms with Crippen molar-refractivity contribution in [1.29, 1.82) is 0 Å². The molecule has 2 N–H and O–H groups in total. The number of unbranched alkanes of at least 4 members (excludes halogenated alkanes) is 2. The predicted molar refractivity (Wildman–Crippen MR) is 81.2 cm³/mol. The van der Waals surface area contributed by atoms with Crippen LogP contribution in [0.15, 0.2) is 24.3 Å². The van der Waals surface area contributed by atoms with Crippen molar-refractivity contribution in [1.82, 2.24) is 4.90 Å². The Morgan fingerprint density at radius 2 is 1.84 bits per heavy atom. The summed E-state index contributed by atoms with van der Waals surface area (Å²) in [7, 11) is 0. The highest BCUT2D eigenvalue weighted by Crippen LogP contribution is 2.21. The van der Waals surface area contributed by atoms with Crippen molar-refractivity contribution < 1.29 is 4.79 Å². The van der Waals surface area contributed by atoms with Crippen LogP contribution in [0.25, 0.3) is 0 Å². The summed E-state index contributed by atoms with van der Waals surface area (Å²) in [5, 5.41) is 0. The fourth-order valence-electron chi connectivity index (χ4n) is 2.10. The van der Waals surface area contributed by atoms with E-state index in [9.17, 15) is 4.79 Å². The van der Waals surface area contributed by atoms with Gasteiger partial charge in [0, 0.05) is 17.8 Å². The molecule has 0 aliphatic carbocycles. The van der Waals surface area contributed by atoms with Gasteiger partial charge in [-0.1, -0.05) is 31.9 Å². The summed E-state index contributed by atoms with van der Waals surface area (Å²) in [6.45, 7) is 9.14. The van der Waals surface area contributed by atoms with Gasteiger partial charge < -0.3 is 10.6 Å². The van der Waals surface area contributed by atoms with Crippen molar-refractivity contribution in [3.8, 4) is 0 Å². The highest BCUT2D eigenvalue weighted by Gasteiger charge is 2.27. The minimum atomic E-state index is -0.187. The van der Waals surface area contributed by atoms with Gasteiger partial charge in [-0.05, 0) is 39.3 Å². The first-order valence-corrected chi connectivity index (χ1v) is 7.04. The van der Waals surface area contributed by atoms with Crippen LogP contribution in [0.3, 0.4) is 0 Å². The maximum absolute atomic E-state index is 12.7. The topological polar surface area (TPSA) is 46.3 Å². The van der Waals surface area contributed by atoms with Gasteiger partial charge in [-0.3, -0.25) is 4.79 Å². The van der Waals surface area contributed by atoms with Crippen LogP contribution in [-0.4, -0.2) is 22.9 Å². The van der Waals surface area contributed by atoms with Gasteiger partial charge in [0.15, 0.2) is 0 Å². The van der Waals surface area contributed by atoms with Gasteiger partial charge in [0.05, 0.1) is 5.56 Å². The molecular formula is C16H26N2O. The normalized spacial score (nSPS) is 11.4. The number of carbonyl (C=O) groups excluding carboxylic acids is 1. The molecule has 0 heterocycles. The van der Waals surface area contributed by atoms with Crippen LogP contribution < -0.4 is 5.73 Å². The van der Waals surface area contributed by atoms with Crippen LogP contribution >= 0.6 is 0 Å². The van der Waals surface area contributed by atoms with E-state index in [1.807, 2.05) is 17.0 Å². The number of carbonyl (C=O) groups is 1. The molecule has 3 nitrogen and oxygen atoms in total. The smallest absolute Gasteiger partial charge is 0.256 e. The zero-order valence-corrected chi connectivity index (χ0v) is 12.6. The summed E-state index contributed by atoms with van der Waals surface area (Å²) in [6, 6.07) is 7.29. The molecule has 19 heavy (non-hydrogen) atoms. The number of anilines is 1. The largest absolute Gasteiger partial charge is 0.398 e. The number of para-hydroxylation sites is 1. The first-order chi connectivity index (χ1) is 8.88. The number of nitrogens with zero attached hydrogens (tertiary/aromatic N) is 1. The standard InChI is InChI=1S/C16H26N2O/c1-5-6-9-12-18(16(2,3)4)15(19)13-10-7-8-11-14(13)17/h7-8,10-11H,5-6,9,12,17H2,1-4H3. The summed E-state index contributed by atoms with van der Waals surface area (Å²) in [6.07, 6.45) is 3.33. The molecule has 0 saturated heterocycles. The van der Waals surface area contributed by atoms with Gasteiger partial charge in [-0.15, -0.1) is 0 Å².